The number of hydrazine groups is 1. The molecule has 1 aromatic rings. The van der Waals surface area contributed by atoms with Crippen LogP contribution in [-0.4, -0.2) is 34.6 Å². The molecule has 1 heterocycles. The number of carbonyl (C=O) groups excluding carboxylic acids is 1. The summed E-state index contributed by atoms with van der Waals surface area (Å²) >= 11 is 0. The van der Waals surface area contributed by atoms with Crippen molar-refractivity contribution in [3.05, 3.63) is 39.9 Å². The van der Waals surface area contributed by atoms with E-state index < -0.39 is 34.9 Å². The van der Waals surface area contributed by atoms with Crippen LogP contribution < -0.4 is 5.43 Å². The van der Waals surface area contributed by atoms with Crippen molar-refractivity contribution in [1.82, 2.24) is 10.4 Å². The summed E-state index contributed by atoms with van der Waals surface area (Å²) in [5.74, 6) is -0.481. The van der Waals surface area contributed by atoms with Crippen LogP contribution in [0.25, 0.3) is 0 Å². The maximum Gasteiger partial charge on any atom is 0.406 e. The lowest BCUT2D eigenvalue weighted by Crippen LogP contribution is -2.51. The Balaban J connectivity index is 2.26. The number of alkyl halides is 3. The number of hydrogen-bond donors (Lipinski definition) is 1. The summed E-state index contributed by atoms with van der Waals surface area (Å²) in [5, 5.41) is 11.6. The van der Waals surface area contributed by atoms with Gasteiger partial charge < -0.3 is 0 Å². The third-order valence-corrected chi connectivity index (χ3v) is 3.73. The molecule has 1 atom stereocenters. The monoisotopic (exact) mass is 331 g/mol. The molecule has 1 aliphatic rings. The predicted molar refractivity (Wildman–Crippen MR) is 75.3 cm³/mol. The number of hydrogen-bond acceptors (Lipinski definition) is 4. The maximum atomic E-state index is 13.4. The lowest BCUT2D eigenvalue weighted by atomic mass is 9.94. The maximum absolute atomic E-state index is 13.4. The van der Waals surface area contributed by atoms with Crippen LogP contribution in [0.1, 0.15) is 19.4 Å². The van der Waals surface area contributed by atoms with E-state index in [-0.39, 0.29) is 17.8 Å². The quantitative estimate of drug-likeness (QED) is 0.679. The second-order valence-corrected chi connectivity index (χ2v) is 6.14. The number of amides is 1. The van der Waals surface area contributed by atoms with Crippen LogP contribution in [-0.2, 0) is 11.2 Å². The highest BCUT2D eigenvalue weighted by molar-refractivity contribution is 5.83. The first kappa shape index (κ1) is 17.2. The molecule has 0 aliphatic carbocycles. The van der Waals surface area contributed by atoms with Gasteiger partial charge in [-0.25, -0.2) is 5.01 Å². The Kier molecular flexibility index (Phi) is 4.34. The number of carbonyl (C=O) groups is 1. The molecule has 2 rings (SSSR count). The van der Waals surface area contributed by atoms with E-state index in [0.29, 0.717) is 0 Å². The SMILES string of the molecule is CC1(C)CN(C(Cc2cccc([N+](=O)[O-])c2)C(F)(F)F)NC1=O. The molecule has 1 unspecified atom stereocenters. The Morgan fingerprint density at radius 3 is 2.57 bits per heavy atom. The number of benzene rings is 1. The van der Waals surface area contributed by atoms with Crippen LogP contribution in [0.2, 0.25) is 0 Å². The van der Waals surface area contributed by atoms with Gasteiger partial charge in [0.25, 0.3) is 5.69 Å². The zero-order valence-corrected chi connectivity index (χ0v) is 12.6. The van der Waals surface area contributed by atoms with E-state index in [4.69, 9.17) is 0 Å². The highest BCUT2D eigenvalue weighted by Gasteiger charge is 2.50. The van der Waals surface area contributed by atoms with Crippen LogP contribution in [0.3, 0.4) is 0 Å². The number of rotatable bonds is 4. The molecule has 1 N–H and O–H groups in total. The van der Waals surface area contributed by atoms with Crippen LogP contribution in [0.15, 0.2) is 24.3 Å². The third kappa shape index (κ3) is 3.79. The lowest BCUT2D eigenvalue weighted by molar-refractivity contribution is -0.384. The normalized spacial score (nSPS) is 19.4. The average molecular weight is 331 g/mol. The third-order valence-electron chi connectivity index (χ3n) is 3.73. The number of halogens is 3. The van der Waals surface area contributed by atoms with Crippen LogP contribution >= 0.6 is 0 Å². The Morgan fingerprint density at radius 2 is 2.09 bits per heavy atom. The summed E-state index contributed by atoms with van der Waals surface area (Å²) < 4.78 is 40.1. The van der Waals surface area contributed by atoms with E-state index >= 15 is 0 Å². The number of nitrogens with one attached hydrogen (secondary N) is 1. The lowest BCUT2D eigenvalue weighted by Gasteiger charge is -2.29. The van der Waals surface area contributed by atoms with Gasteiger partial charge in [0.15, 0.2) is 0 Å². The fourth-order valence-electron chi connectivity index (χ4n) is 2.43. The van der Waals surface area contributed by atoms with Gasteiger partial charge in [-0.05, 0) is 25.8 Å². The fourth-order valence-corrected chi connectivity index (χ4v) is 2.43. The van der Waals surface area contributed by atoms with E-state index in [1.165, 1.54) is 18.2 Å². The van der Waals surface area contributed by atoms with Gasteiger partial charge in [-0.15, -0.1) is 0 Å². The zero-order valence-electron chi connectivity index (χ0n) is 12.6. The van der Waals surface area contributed by atoms with Gasteiger partial charge in [0.2, 0.25) is 5.91 Å². The molecular weight excluding hydrogens is 315 g/mol. The molecule has 6 nitrogen and oxygen atoms in total. The largest absolute Gasteiger partial charge is 0.406 e. The molecule has 0 saturated carbocycles. The van der Waals surface area contributed by atoms with Crippen molar-refractivity contribution in [2.75, 3.05) is 6.54 Å². The number of nitro groups is 1. The van der Waals surface area contributed by atoms with Crippen molar-refractivity contribution < 1.29 is 22.9 Å². The first-order chi connectivity index (χ1) is 10.5. The van der Waals surface area contributed by atoms with Crippen LogP contribution in [0.4, 0.5) is 18.9 Å². The molecule has 1 fully saturated rings. The van der Waals surface area contributed by atoms with E-state index in [1.807, 2.05) is 0 Å². The van der Waals surface area contributed by atoms with Gasteiger partial charge >= 0.3 is 6.18 Å². The fraction of sp³-hybridized carbons (Fsp3) is 0.500. The Labute approximate surface area is 130 Å². The molecular formula is C14H16F3N3O3. The number of nitrogens with zero attached hydrogens (tertiary/aromatic N) is 2. The molecule has 1 aliphatic heterocycles. The van der Waals surface area contributed by atoms with Crippen molar-refractivity contribution in [2.45, 2.75) is 32.5 Å². The summed E-state index contributed by atoms with van der Waals surface area (Å²) in [4.78, 5) is 21.8. The Hall–Kier alpha value is -2.16. The first-order valence-corrected chi connectivity index (χ1v) is 6.88. The molecule has 23 heavy (non-hydrogen) atoms. The van der Waals surface area contributed by atoms with E-state index in [0.717, 1.165) is 11.1 Å². The van der Waals surface area contributed by atoms with Crippen molar-refractivity contribution >= 4 is 11.6 Å². The summed E-state index contributed by atoms with van der Waals surface area (Å²) in [7, 11) is 0. The van der Waals surface area contributed by atoms with Crippen molar-refractivity contribution in [1.29, 1.82) is 0 Å². The molecule has 9 heteroatoms. The predicted octanol–water partition coefficient (Wildman–Crippen LogP) is 2.44. The second-order valence-electron chi connectivity index (χ2n) is 6.14. The minimum absolute atomic E-state index is 0.0923. The van der Waals surface area contributed by atoms with Crippen LogP contribution in [0.5, 0.6) is 0 Å². The highest BCUT2D eigenvalue weighted by atomic mass is 19.4. The van der Waals surface area contributed by atoms with Gasteiger partial charge in [-0.3, -0.25) is 20.3 Å². The number of non-ortho nitro benzene ring substituents is 1. The molecule has 1 amide bonds. The topological polar surface area (TPSA) is 75.5 Å². The van der Waals surface area contributed by atoms with Crippen molar-refractivity contribution in [3.8, 4) is 0 Å². The standard InChI is InChI=1S/C14H16F3N3O3/c1-13(2)8-19(18-12(13)21)11(14(15,16)17)7-9-4-3-5-10(6-9)20(22)23/h3-6,11H,7-8H2,1-2H3,(H,18,21). The average Bonchev–Trinajstić information content (AvgIpc) is 2.69. The molecule has 1 aromatic carbocycles. The van der Waals surface area contributed by atoms with Gasteiger partial charge in [-0.1, -0.05) is 12.1 Å². The van der Waals surface area contributed by atoms with Crippen LogP contribution in [0, 0.1) is 15.5 Å². The summed E-state index contributed by atoms with van der Waals surface area (Å²) in [6, 6.07) is 3.12. The van der Waals surface area contributed by atoms with Gasteiger partial charge in [0, 0.05) is 18.7 Å². The smallest absolute Gasteiger partial charge is 0.288 e. The zero-order chi connectivity index (χ0) is 17.4. The van der Waals surface area contributed by atoms with E-state index in [1.54, 1.807) is 13.8 Å². The Bertz CT molecular complexity index is 631. The molecule has 0 spiro atoms. The summed E-state index contributed by atoms with van der Waals surface area (Å²) in [5.41, 5.74) is 1.24. The minimum atomic E-state index is -4.58. The minimum Gasteiger partial charge on any atom is -0.288 e. The molecule has 0 radical (unpaired) electrons. The molecule has 126 valence electrons. The molecule has 0 aromatic heterocycles. The molecule has 0 bridgehead atoms. The highest BCUT2D eigenvalue weighted by Crippen LogP contribution is 2.33. The van der Waals surface area contributed by atoms with Crippen molar-refractivity contribution in [3.63, 3.8) is 0 Å². The van der Waals surface area contributed by atoms with Crippen molar-refractivity contribution in [2.24, 2.45) is 5.41 Å². The van der Waals surface area contributed by atoms with Gasteiger partial charge in [0.05, 0.1) is 10.3 Å². The van der Waals surface area contributed by atoms with Gasteiger partial charge in [-0.2, -0.15) is 13.2 Å². The van der Waals surface area contributed by atoms with E-state index in [2.05, 4.69) is 5.43 Å². The molecule has 1 saturated heterocycles. The Morgan fingerprint density at radius 1 is 1.43 bits per heavy atom. The summed E-state index contributed by atoms with van der Waals surface area (Å²) in [6.07, 6.45) is -5.07. The van der Waals surface area contributed by atoms with E-state index in [9.17, 15) is 28.1 Å². The summed E-state index contributed by atoms with van der Waals surface area (Å²) in [6.45, 7) is 3.02. The second kappa shape index (κ2) is 5.80. The van der Waals surface area contributed by atoms with Gasteiger partial charge in [0.1, 0.15) is 6.04 Å². The first-order valence-electron chi connectivity index (χ1n) is 6.88. The number of nitro benzene ring substituents is 1.